The zero-order chi connectivity index (χ0) is 13.3. The summed E-state index contributed by atoms with van der Waals surface area (Å²) in [5.74, 6) is 1.47. The van der Waals surface area contributed by atoms with Crippen LogP contribution in [0.5, 0.6) is 5.75 Å². The van der Waals surface area contributed by atoms with Gasteiger partial charge in [0.05, 0.1) is 12.5 Å². The molecule has 1 aromatic heterocycles. The molecule has 1 heterocycles. The molecule has 18 heavy (non-hydrogen) atoms. The van der Waals surface area contributed by atoms with Gasteiger partial charge < -0.3 is 9.64 Å². The first-order valence-corrected chi connectivity index (χ1v) is 6.66. The van der Waals surface area contributed by atoms with Crippen molar-refractivity contribution in [3.63, 3.8) is 0 Å². The van der Waals surface area contributed by atoms with Crippen molar-refractivity contribution in [2.75, 3.05) is 25.6 Å². The molecule has 0 saturated heterocycles. The Morgan fingerprint density at radius 2 is 2.11 bits per heavy atom. The minimum Gasteiger partial charge on any atom is -0.494 e. The number of ether oxygens (including phenoxy) is 1. The Hall–Kier alpha value is -1.07. The summed E-state index contributed by atoms with van der Waals surface area (Å²) in [4.78, 5) is 10.6. The van der Waals surface area contributed by atoms with E-state index in [1.165, 1.54) is 0 Å². The van der Waals surface area contributed by atoms with Gasteiger partial charge in [0.2, 0.25) is 5.28 Å². The molecule has 0 radical (unpaired) electrons. The number of aromatic nitrogens is 2. The van der Waals surface area contributed by atoms with Gasteiger partial charge in [0.15, 0.2) is 0 Å². The molecule has 2 rings (SSSR count). The van der Waals surface area contributed by atoms with Gasteiger partial charge in [-0.2, -0.15) is 4.98 Å². The predicted octanol–water partition coefficient (Wildman–Crippen LogP) is 3.51. The summed E-state index contributed by atoms with van der Waals surface area (Å²) in [6, 6.07) is 3.77. The molecule has 2 aromatic rings. The molecule has 0 fully saturated rings. The molecule has 96 valence electrons. The Bertz CT molecular complexity index is 591. The van der Waals surface area contributed by atoms with Crippen LogP contribution in [-0.4, -0.2) is 30.7 Å². The maximum absolute atomic E-state index is 5.99. The molecule has 1 aromatic carbocycles. The third-order valence-corrected chi connectivity index (χ3v) is 3.60. The summed E-state index contributed by atoms with van der Waals surface area (Å²) in [7, 11) is 3.58. The lowest BCUT2D eigenvalue weighted by Gasteiger charge is -2.19. The number of nitrogens with zero attached hydrogens (tertiary/aromatic N) is 3. The van der Waals surface area contributed by atoms with Gasteiger partial charge in [-0.05, 0) is 46.6 Å². The first-order valence-electron chi connectivity index (χ1n) is 5.49. The molecule has 0 spiro atoms. The fraction of sp³-hybridized carbons (Fsp3) is 0.333. The molecule has 0 N–H and O–H groups in total. The first-order chi connectivity index (χ1) is 8.58. The van der Waals surface area contributed by atoms with Crippen molar-refractivity contribution in [3.8, 4) is 5.75 Å². The van der Waals surface area contributed by atoms with Gasteiger partial charge in [-0.3, -0.25) is 0 Å². The van der Waals surface area contributed by atoms with Gasteiger partial charge in [0.25, 0.3) is 0 Å². The van der Waals surface area contributed by atoms with Crippen molar-refractivity contribution >= 4 is 44.3 Å². The van der Waals surface area contributed by atoms with E-state index in [4.69, 9.17) is 16.3 Å². The van der Waals surface area contributed by atoms with Crippen LogP contribution in [-0.2, 0) is 0 Å². The van der Waals surface area contributed by atoms with E-state index < -0.39 is 0 Å². The van der Waals surface area contributed by atoms with Gasteiger partial charge in [-0.1, -0.05) is 0 Å². The molecule has 0 unspecified atom stereocenters. The fourth-order valence-corrected chi connectivity index (χ4v) is 2.38. The summed E-state index contributed by atoms with van der Waals surface area (Å²) < 4.78 is 6.24. The van der Waals surface area contributed by atoms with E-state index in [1.807, 2.05) is 24.1 Å². The standard InChI is InChI=1S/C12H13BrClN3O/c1-4-17(2)11-9-7(13)5-6-8(18-3)10(9)15-12(14)16-11/h5-6H,4H2,1-3H3. The van der Waals surface area contributed by atoms with Crippen molar-refractivity contribution in [2.24, 2.45) is 0 Å². The van der Waals surface area contributed by atoms with E-state index in [-0.39, 0.29) is 5.28 Å². The number of rotatable bonds is 3. The fourth-order valence-electron chi connectivity index (χ4n) is 1.72. The summed E-state index contributed by atoms with van der Waals surface area (Å²) in [6.07, 6.45) is 0. The molecule has 4 nitrogen and oxygen atoms in total. The molecule has 0 amide bonds. The van der Waals surface area contributed by atoms with E-state index in [1.54, 1.807) is 7.11 Å². The monoisotopic (exact) mass is 329 g/mol. The van der Waals surface area contributed by atoms with Crippen molar-refractivity contribution in [1.29, 1.82) is 0 Å². The normalized spacial score (nSPS) is 10.7. The van der Waals surface area contributed by atoms with Crippen LogP contribution in [0.1, 0.15) is 6.92 Å². The number of hydrogen-bond donors (Lipinski definition) is 0. The van der Waals surface area contributed by atoms with E-state index >= 15 is 0 Å². The minimum atomic E-state index is 0.217. The van der Waals surface area contributed by atoms with Crippen LogP contribution in [0.2, 0.25) is 5.28 Å². The van der Waals surface area contributed by atoms with Gasteiger partial charge in [-0.25, -0.2) is 4.98 Å². The SMILES string of the molecule is CCN(C)c1nc(Cl)nc2c(OC)ccc(Br)c12. The second-order valence-electron chi connectivity index (χ2n) is 3.80. The number of benzene rings is 1. The van der Waals surface area contributed by atoms with Crippen LogP contribution in [0.4, 0.5) is 5.82 Å². The minimum absolute atomic E-state index is 0.217. The van der Waals surface area contributed by atoms with Crippen LogP contribution >= 0.6 is 27.5 Å². The highest BCUT2D eigenvalue weighted by Crippen LogP contribution is 2.36. The lowest BCUT2D eigenvalue weighted by atomic mass is 10.2. The third-order valence-electron chi connectivity index (χ3n) is 2.77. The molecule has 6 heteroatoms. The molecule has 0 aliphatic rings. The van der Waals surface area contributed by atoms with E-state index in [2.05, 4.69) is 32.8 Å². The van der Waals surface area contributed by atoms with Crippen molar-refractivity contribution < 1.29 is 4.74 Å². The Balaban J connectivity index is 2.86. The Morgan fingerprint density at radius 3 is 2.72 bits per heavy atom. The molecule has 0 atom stereocenters. The van der Waals surface area contributed by atoms with Crippen LogP contribution < -0.4 is 9.64 Å². The molecule has 0 aliphatic heterocycles. The molecule has 0 aliphatic carbocycles. The average molecular weight is 331 g/mol. The maximum Gasteiger partial charge on any atom is 0.225 e. The zero-order valence-corrected chi connectivity index (χ0v) is 12.7. The van der Waals surface area contributed by atoms with Gasteiger partial charge >= 0.3 is 0 Å². The Labute approximate surface area is 119 Å². The maximum atomic E-state index is 5.99. The van der Waals surface area contributed by atoms with Crippen LogP contribution in [0.3, 0.4) is 0 Å². The highest BCUT2D eigenvalue weighted by Gasteiger charge is 2.16. The highest BCUT2D eigenvalue weighted by molar-refractivity contribution is 9.10. The van der Waals surface area contributed by atoms with Crippen molar-refractivity contribution in [3.05, 3.63) is 21.9 Å². The lowest BCUT2D eigenvalue weighted by Crippen LogP contribution is -2.18. The summed E-state index contributed by atoms with van der Waals surface area (Å²) in [5.41, 5.74) is 0.710. The van der Waals surface area contributed by atoms with Gasteiger partial charge in [0, 0.05) is 18.1 Å². The van der Waals surface area contributed by atoms with E-state index in [0.717, 1.165) is 22.2 Å². The van der Waals surface area contributed by atoms with Crippen LogP contribution in [0.25, 0.3) is 10.9 Å². The van der Waals surface area contributed by atoms with Crippen LogP contribution in [0.15, 0.2) is 16.6 Å². The second kappa shape index (κ2) is 5.28. The number of methoxy groups -OCH3 is 1. The van der Waals surface area contributed by atoms with Crippen molar-refractivity contribution in [2.45, 2.75) is 6.92 Å². The first kappa shape index (κ1) is 13.4. The van der Waals surface area contributed by atoms with Crippen molar-refractivity contribution in [1.82, 2.24) is 9.97 Å². The second-order valence-corrected chi connectivity index (χ2v) is 5.00. The quantitative estimate of drug-likeness (QED) is 0.807. The highest BCUT2D eigenvalue weighted by atomic mass is 79.9. The summed E-state index contributed by atoms with van der Waals surface area (Å²) >= 11 is 9.51. The van der Waals surface area contributed by atoms with Gasteiger partial charge in [-0.15, -0.1) is 0 Å². The summed E-state index contributed by atoms with van der Waals surface area (Å²) in [6.45, 7) is 2.88. The third kappa shape index (κ3) is 2.24. The Morgan fingerprint density at radius 1 is 1.39 bits per heavy atom. The van der Waals surface area contributed by atoms with Gasteiger partial charge in [0.1, 0.15) is 17.1 Å². The molecular weight excluding hydrogens is 318 g/mol. The zero-order valence-electron chi connectivity index (χ0n) is 10.4. The lowest BCUT2D eigenvalue weighted by molar-refractivity contribution is 0.419. The van der Waals surface area contributed by atoms with Crippen LogP contribution in [0, 0.1) is 0 Å². The average Bonchev–Trinajstić information content (AvgIpc) is 2.37. The smallest absolute Gasteiger partial charge is 0.225 e. The largest absolute Gasteiger partial charge is 0.494 e. The number of anilines is 1. The predicted molar refractivity (Wildman–Crippen MR) is 77.7 cm³/mol. The molecule has 0 saturated carbocycles. The topological polar surface area (TPSA) is 38.2 Å². The Kier molecular flexibility index (Phi) is 3.92. The summed E-state index contributed by atoms with van der Waals surface area (Å²) in [5, 5.41) is 1.12. The molecule has 0 bridgehead atoms. The number of hydrogen-bond acceptors (Lipinski definition) is 4. The number of halogens is 2. The number of fused-ring (bicyclic) bond motifs is 1. The van der Waals surface area contributed by atoms with E-state index in [9.17, 15) is 0 Å². The van der Waals surface area contributed by atoms with E-state index in [0.29, 0.717) is 11.3 Å². The molecular formula is C12H13BrClN3O.